The predicted molar refractivity (Wildman–Crippen MR) is 94.9 cm³/mol. The average molecular weight is 322 g/mol. The highest BCUT2D eigenvalue weighted by atomic mass is 16.5. The van der Waals surface area contributed by atoms with E-state index < -0.39 is 0 Å². The standard InChI is InChI=1S/C18H34N4O/c1-19-18(20-8-4-16-6-12-23-13-7-16)22-11-5-17(15-22)14-21-9-2-3-10-21/h16-17H,2-15H2,1H3,(H,19,20). The quantitative estimate of drug-likeness (QED) is 0.619. The molecule has 0 amide bonds. The Kier molecular flexibility index (Phi) is 6.57. The van der Waals surface area contributed by atoms with Gasteiger partial charge in [0.05, 0.1) is 0 Å². The molecule has 5 heteroatoms. The minimum atomic E-state index is 0.821. The molecule has 0 aromatic heterocycles. The van der Waals surface area contributed by atoms with Crippen LogP contribution in [0.15, 0.2) is 4.99 Å². The van der Waals surface area contributed by atoms with Crippen molar-refractivity contribution < 1.29 is 4.74 Å². The number of hydrogen-bond donors (Lipinski definition) is 1. The molecule has 1 atom stereocenters. The first-order valence-electron chi connectivity index (χ1n) is 9.61. The van der Waals surface area contributed by atoms with E-state index in [1.54, 1.807) is 0 Å². The minimum absolute atomic E-state index is 0.821. The Hall–Kier alpha value is -0.810. The Morgan fingerprint density at radius 2 is 1.87 bits per heavy atom. The van der Waals surface area contributed by atoms with Crippen molar-refractivity contribution >= 4 is 5.96 Å². The molecule has 3 fully saturated rings. The second-order valence-corrected chi connectivity index (χ2v) is 7.43. The first-order chi connectivity index (χ1) is 11.3. The number of likely N-dealkylation sites (tertiary alicyclic amines) is 2. The van der Waals surface area contributed by atoms with Crippen LogP contribution in [-0.2, 0) is 4.74 Å². The first-order valence-corrected chi connectivity index (χ1v) is 9.61. The van der Waals surface area contributed by atoms with Gasteiger partial charge in [0.2, 0.25) is 0 Å². The normalized spacial score (nSPS) is 27.8. The van der Waals surface area contributed by atoms with Crippen LogP contribution in [0.2, 0.25) is 0 Å². The lowest BCUT2D eigenvalue weighted by atomic mass is 9.97. The Labute approximate surface area is 141 Å². The largest absolute Gasteiger partial charge is 0.381 e. The first kappa shape index (κ1) is 17.0. The van der Waals surface area contributed by atoms with Gasteiger partial charge in [-0.3, -0.25) is 4.99 Å². The summed E-state index contributed by atoms with van der Waals surface area (Å²) in [5, 5.41) is 3.59. The fourth-order valence-electron chi connectivity index (χ4n) is 4.26. The molecule has 3 aliphatic heterocycles. The average Bonchev–Trinajstić information content (AvgIpc) is 3.25. The Balaban J connectivity index is 1.36. The van der Waals surface area contributed by atoms with Gasteiger partial charge in [0, 0.05) is 46.4 Å². The van der Waals surface area contributed by atoms with E-state index in [2.05, 4.69) is 20.1 Å². The van der Waals surface area contributed by atoms with Crippen LogP contribution >= 0.6 is 0 Å². The van der Waals surface area contributed by atoms with E-state index in [1.807, 2.05) is 7.05 Å². The fraction of sp³-hybridized carbons (Fsp3) is 0.944. The van der Waals surface area contributed by atoms with Crippen molar-refractivity contribution in [2.24, 2.45) is 16.8 Å². The van der Waals surface area contributed by atoms with Gasteiger partial charge in [0.25, 0.3) is 0 Å². The third-order valence-corrected chi connectivity index (χ3v) is 5.69. The molecule has 0 bridgehead atoms. The molecule has 0 spiro atoms. The molecule has 3 saturated heterocycles. The molecule has 0 radical (unpaired) electrons. The molecular formula is C18H34N4O. The number of guanidine groups is 1. The number of nitrogens with zero attached hydrogens (tertiary/aromatic N) is 3. The number of rotatable bonds is 5. The third-order valence-electron chi connectivity index (χ3n) is 5.69. The molecule has 1 unspecified atom stereocenters. The van der Waals surface area contributed by atoms with E-state index in [9.17, 15) is 0 Å². The number of nitrogens with one attached hydrogen (secondary N) is 1. The van der Waals surface area contributed by atoms with Crippen molar-refractivity contribution in [3.8, 4) is 0 Å². The molecule has 5 nitrogen and oxygen atoms in total. The predicted octanol–water partition coefficient (Wildman–Crippen LogP) is 1.80. The lowest BCUT2D eigenvalue weighted by Crippen LogP contribution is -2.41. The van der Waals surface area contributed by atoms with Gasteiger partial charge >= 0.3 is 0 Å². The van der Waals surface area contributed by atoms with Crippen LogP contribution in [0.25, 0.3) is 0 Å². The Morgan fingerprint density at radius 1 is 1.09 bits per heavy atom. The second-order valence-electron chi connectivity index (χ2n) is 7.43. The van der Waals surface area contributed by atoms with Gasteiger partial charge in [0.1, 0.15) is 0 Å². The fourth-order valence-corrected chi connectivity index (χ4v) is 4.26. The summed E-state index contributed by atoms with van der Waals surface area (Å²) in [4.78, 5) is 9.62. The molecule has 0 aromatic rings. The van der Waals surface area contributed by atoms with Crippen LogP contribution in [0.3, 0.4) is 0 Å². The molecule has 0 aliphatic carbocycles. The van der Waals surface area contributed by atoms with Crippen LogP contribution < -0.4 is 5.32 Å². The summed E-state index contributed by atoms with van der Waals surface area (Å²) in [5.74, 6) is 2.76. The molecule has 23 heavy (non-hydrogen) atoms. The monoisotopic (exact) mass is 322 g/mol. The van der Waals surface area contributed by atoms with Crippen LogP contribution in [-0.4, -0.2) is 75.3 Å². The molecule has 0 saturated carbocycles. The van der Waals surface area contributed by atoms with E-state index in [4.69, 9.17) is 4.74 Å². The van der Waals surface area contributed by atoms with Crippen LogP contribution in [0.5, 0.6) is 0 Å². The maximum absolute atomic E-state index is 5.44. The molecule has 1 N–H and O–H groups in total. The summed E-state index contributed by atoms with van der Waals surface area (Å²) < 4.78 is 5.44. The van der Waals surface area contributed by atoms with Crippen molar-refractivity contribution in [2.45, 2.75) is 38.5 Å². The number of aliphatic imine (C=N–C) groups is 1. The Bertz CT molecular complexity index is 375. The molecule has 132 valence electrons. The maximum atomic E-state index is 5.44. The zero-order chi connectivity index (χ0) is 15.9. The van der Waals surface area contributed by atoms with Gasteiger partial charge in [-0.2, -0.15) is 0 Å². The Morgan fingerprint density at radius 3 is 2.61 bits per heavy atom. The summed E-state index contributed by atoms with van der Waals surface area (Å²) in [5.41, 5.74) is 0. The van der Waals surface area contributed by atoms with E-state index in [0.717, 1.165) is 44.1 Å². The lowest BCUT2D eigenvalue weighted by molar-refractivity contribution is 0.0643. The van der Waals surface area contributed by atoms with E-state index >= 15 is 0 Å². The highest BCUT2D eigenvalue weighted by Gasteiger charge is 2.27. The summed E-state index contributed by atoms with van der Waals surface area (Å²) in [6, 6.07) is 0. The van der Waals surface area contributed by atoms with Gasteiger partial charge in [-0.15, -0.1) is 0 Å². The summed E-state index contributed by atoms with van der Waals surface area (Å²) in [6.07, 6.45) is 7.80. The van der Waals surface area contributed by atoms with E-state index in [-0.39, 0.29) is 0 Å². The second kappa shape index (κ2) is 8.88. The zero-order valence-corrected chi connectivity index (χ0v) is 14.8. The van der Waals surface area contributed by atoms with E-state index in [0.29, 0.717) is 0 Å². The van der Waals surface area contributed by atoms with Gasteiger partial charge in [-0.05, 0) is 63.5 Å². The van der Waals surface area contributed by atoms with Crippen LogP contribution in [0, 0.1) is 11.8 Å². The highest BCUT2D eigenvalue weighted by Crippen LogP contribution is 2.20. The molecular weight excluding hydrogens is 288 g/mol. The molecule has 0 aromatic carbocycles. The topological polar surface area (TPSA) is 40.1 Å². The number of hydrogen-bond acceptors (Lipinski definition) is 3. The number of ether oxygens (including phenoxy) is 1. The SMILES string of the molecule is CN=C(NCCC1CCOCC1)N1CCC(CN2CCCC2)C1. The van der Waals surface area contributed by atoms with E-state index in [1.165, 1.54) is 64.7 Å². The van der Waals surface area contributed by atoms with Crippen LogP contribution in [0.1, 0.15) is 38.5 Å². The zero-order valence-electron chi connectivity index (χ0n) is 14.8. The maximum Gasteiger partial charge on any atom is 0.193 e. The van der Waals surface area contributed by atoms with Crippen molar-refractivity contribution in [1.82, 2.24) is 15.1 Å². The smallest absolute Gasteiger partial charge is 0.193 e. The highest BCUT2D eigenvalue weighted by molar-refractivity contribution is 5.80. The van der Waals surface area contributed by atoms with Gasteiger partial charge < -0.3 is 19.9 Å². The molecule has 3 rings (SSSR count). The van der Waals surface area contributed by atoms with Crippen molar-refractivity contribution in [1.29, 1.82) is 0 Å². The molecule has 3 aliphatic rings. The summed E-state index contributed by atoms with van der Waals surface area (Å²) in [6.45, 7) is 9.19. The van der Waals surface area contributed by atoms with Crippen LogP contribution in [0.4, 0.5) is 0 Å². The van der Waals surface area contributed by atoms with Gasteiger partial charge in [-0.25, -0.2) is 0 Å². The summed E-state index contributed by atoms with van der Waals surface area (Å²) >= 11 is 0. The van der Waals surface area contributed by atoms with Crippen molar-refractivity contribution in [3.63, 3.8) is 0 Å². The van der Waals surface area contributed by atoms with Crippen molar-refractivity contribution in [3.05, 3.63) is 0 Å². The van der Waals surface area contributed by atoms with Crippen molar-refractivity contribution in [2.75, 3.05) is 59.5 Å². The molecule has 3 heterocycles. The lowest BCUT2D eigenvalue weighted by Gasteiger charge is -2.25. The third kappa shape index (κ3) is 5.08. The van der Waals surface area contributed by atoms with Gasteiger partial charge in [0.15, 0.2) is 5.96 Å². The minimum Gasteiger partial charge on any atom is -0.381 e. The summed E-state index contributed by atoms with van der Waals surface area (Å²) in [7, 11) is 1.92. The van der Waals surface area contributed by atoms with Gasteiger partial charge in [-0.1, -0.05) is 0 Å².